The Labute approximate surface area is 123 Å². The van der Waals surface area contributed by atoms with E-state index in [1.54, 1.807) is 19.9 Å². The topological polar surface area (TPSA) is 75.6 Å². The van der Waals surface area contributed by atoms with Crippen molar-refractivity contribution in [1.29, 1.82) is 0 Å². The Morgan fingerprint density at radius 1 is 1.40 bits per heavy atom. The largest absolute Gasteiger partial charge is 0.479 e. The molecule has 0 aliphatic rings. The van der Waals surface area contributed by atoms with E-state index in [9.17, 15) is 9.59 Å². The van der Waals surface area contributed by atoms with E-state index in [4.69, 9.17) is 9.84 Å². The third kappa shape index (κ3) is 4.85. The van der Waals surface area contributed by atoms with Crippen molar-refractivity contribution >= 4 is 23.2 Å². The number of carbonyl (C=O) groups is 2. The monoisotopic (exact) mass is 299 g/mol. The van der Waals surface area contributed by atoms with Crippen LogP contribution < -0.4 is 10.1 Å². The standard InChI is InChI=1S/C14H21NO4S/c1-8(2)5-6-15-13(16)10(4)19-11-7-9(3)20-12(11)14(17)18/h7-8,10H,5-6H2,1-4H3,(H,15,16)(H,17,18). The molecule has 6 heteroatoms. The molecule has 1 unspecified atom stereocenters. The van der Waals surface area contributed by atoms with Crippen LogP contribution in [0.25, 0.3) is 0 Å². The molecule has 2 N–H and O–H groups in total. The number of carboxylic acid groups (broad SMARTS) is 1. The lowest BCUT2D eigenvalue weighted by Gasteiger charge is -2.14. The maximum absolute atomic E-state index is 11.8. The zero-order chi connectivity index (χ0) is 15.3. The van der Waals surface area contributed by atoms with E-state index >= 15 is 0 Å². The van der Waals surface area contributed by atoms with Crippen LogP contribution in [0.1, 0.15) is 41.7 Å². The minimum absolute atomic E-state index is 0.129. The summed E-state index contributed by atoms with van der Waals surface area (Å²) in [7, 11) is 0. The van der Waals surface area contributed by atoms with Crippen LogP contribution in [0.4, 0.5) is 0 Å². The number of ether oxygens (including phenoxy) is 1. The predicted molar refractivity (Wildman–Crippen MR) is 78.6 cm³/mol. The van der Waals surface area contributed by atoms with Gasteiger partial charge in [-0.2, -0.15) is 0 Å². The molecule has 0 bridgehead atoms. The van der Waals surface area contributed by atoms with Gasteiger partial charge in [-0.1, -0.05) is 13.8 Å². The summed E-state index contributed by atoms with van der Waals surface area (Å²) in [5.41, 5.74) is 0. The fourth-order valence-corrected chi connectivity index (χ4v) is 2.38. The second-order valence-electron chi connectivity index (χ2n) is 5.09. The summed E-state index contributed by atoms with van der Waals surface area (Å²) >= 11 is 1.14. The van der Waals surface area contributed by atoms with Gasteiger partial charge in [0, 0.05) is 11.4 Å². The van der Waals surface area contributed by atoms with Gasteiger partial charge < -0.3 is 15.2 Å². The van der Waals surface area contributed by atoms with Gasteiger partial charge in [0.25, 0.3) is 5.91 Å². The lowest BCUT2D eigenvalue weighted by atomic mass is 10.1. The zero-order valence-corrected chi connectivity index (χ0v) is 13.0. The molecule has 1 rings (SSSR count). The number of carbonyl (C=O) groups excluding carboxylic acids is 1. The fourth-order valence-electron chi connectivity index (χ4n) is 1.60. The summed E-state index contributed by atoms with van der Waals surface area (Å²) in [4.78, 5) is 23.9. The molecule has 0 aliphatic heterocycles. The van der Waals surface area contributed by atoms with Crippen molar-refractivity contribution in [3.05, 3.63) is 15.8 Å². The number of thiophene rings is 1. The van der Waals surface area contributed by atoms with Gasteiger partial charge in [0.05, 0.1) is 0 Å². The van der Waals surface area contributed by atoms with Gasteiger partial charge in [0.15, 0.2) is 11.0 Å². The molecule has 0 spiro atoms. The molecule has 20 heavy (non-hydrogen) atoms. The highest BCUT2D eigenvalue weighted by atomic mass is 32.1. The van der Waals surface area contributed by atoms with Crippen molar-refractivity contribution in [2.24, 2.45) is 5.92 Å². The maximum atomic E-state index is 11.8. The molecule has 0 aliphatic carbocycles. The normalized spacial score (nSPS) is 12.2. The van der Waals surface area contributed by atoms with E-state index in [0.717, 1.165) is 22.6 Å². The Kier molecular flexibility index (Phi) is 6.01. The van der Waals surface area contributed by atoms with Crippen LogP contribution in [-0.2, 0) is 4.79 Å². The molecule has 0 fully saturated rings. The molecule has 1 aromatic rings. The van der Waals surface area contributed by atoms with Gasteiger partial charge in [-0.15, -0.1) is 11.3 Å². The molecule has 0 aromatic carbocycles. The smallest absolute Gasteiger partial charge is 0.349 e. The number of rotatable bonds is 7. The second-order valence-corrected chi connectivity index (χ2v) is 6.35. The van der Waals surface area contributed by atoms with Gasteiger partial charge in [0.1, 0.15) is 5.75 Å². The highest BCUT2D eigenvalue weighted by Gasteiger charge is 2.20. The molecule has 1 atom stereocenters. The molecule has 112 valence electrons. The highest BCUT2D eigenvalue weighted by molar-refractivity contribution is 7.14. The van der Waals surface area contributed by atoms with Crippen LogP contribution in [0.3, 0.4) is 0 Å². The number of nitrogens with one attached hydrogen (secondary N) is 1. The molecule has 0 saturated heterocycles. The molecule has 1 heterocycles. The van der Waals surface area contributed by atoms with Crippen molar-refractivity contribution < 1.29 is 19.4 Å². The molecule has 0 saturated carbocycles. The summed E-state index contributed by atoms with van der Waals surface area (Å²) in [5, 5.41) is 11.8. The molecule has 1 aromatic heterocycles. The molecule has 5 nitrogen and oxygen atoms in total. The Hall–Kier alpha value is -1.56. The van der Waals surface area contributed by atoms with E-state index in [1.165, 1.54) is 0 Å². The van der Waals surface area contributed by atoms with Crippen LogP contribution in [0, 0.1) is 12.8 Å². The summed E-state index contributed by atoms with van der Waals surface area (Å²) < 4.78 is 5.46. The van der Waals surface area contributed by atoms with Crippen molar-refractivity contribution in [3.63, 3.8) is 0 Å². The fraction of sp³-hybridized carbons (Fsp3) is 0.571. The first kappa shape index (κ1) is 16.5. The van der Waals surface area contributed by atoms with Crippen molar-refractivity contribution in [3.8, 4) is 5.75 Å². The summed E-state index contributed by atoms with van der Waals surface area (Å²) in [5.74, 6) is -0.493. The maximum Gasteiger partial charge on any atom is 0.349 e. The van der Waals surface area contributed by atoms with Gasteiger partial charge in [-0.3, -0.25) is 4.79 Å². The number of hydrogen-bond donors (Lipinski definition) is 2. The number of aryl methyl sites for hydroxylation is 1. The Bertz CT molecular complexity index is 482. The van der Waals surface area contributed by atoms with E-state index in [0.29, 0.717) is 12.5 Å². The minimum atomic E-state index is -1.04. The van der Waals surface area contributed by atoms with Crippen molar-refractivity contribution in [1.82, 2.24) is 5.32 Å². The Balaban J connectivity index is 2.59. The van der Waals surface area contributed by atoms with Crippen LogP contribution in [-0.4, -0.2) is 29.6 Å². The Morgan fingerprint density at radius 2 is 2.05 bits per heavy atom. The highest BCUT2D eigenvalue weighted by Crippen LogP contribution is 2.29. The number of aromatic carboxylic acids is 1. The summed E-state index contributed by atoms with van der Waals surface area (Å²) in [6.07, 6.45) is 0.186. The molecular formula is C14H21NO4S. The van der Waals surface area contributed by atoms with E-state index in [2.05, 4.69) is 19.2 Å². The van der Waals surface area contributed by atoms with Gasteiger partial charge in [-0.05, 0) is 32.3 Å². The number of amides is 1. The van der Waals surface area contributed by atoms with E-state index in [-0.39, 0.29) is 16.5 Å². The SMILES string of the molecule is Cc1cc(OC(C)C(=O)NCCC(C)C)c(C(=O)O)s1. The van der Waals surface area contributed by atoms with Gasteiger partial charge in [0.2, 0.25) is 0 Å². The molecular weight excluding hydrogens is 278 g/mol. The first-order valence-corrected chi connectivity index (χ1v) is 7.41. The van der Waals surface area contributed by atoms with E-state index < -0.39 is 12.1 Å². The van der Waals surface area contributed by atoms with Crippen molar-refractivity contribution in [2.45, 2.75) is 40.2 Å². The average molecular weight is 299 g/mol. The third-order valence-electron chi connectivity index (χ3n) is 2.71. The molecule has 0 radical (unpaired) electrons. The quantitative estimate of drug-likeness (QED) is 0.811. The minimum Gasteiger partial charge on any atom is -0.479 e. The lowest BCUT2D eigenvalue weighted by Crippen LogP contribution is -2.37. The van der Waals surface area contributed by atoms with Crippen LogP contribution in [0.5, 0.6) is 5.75 Å². The number of carboxylic acids is 1. The first-order valence-electron chi connectivity index (χ1n) is 6.59. The second kappa shape index (κ2) is 7.28. The zero-order valence-electron chi connectivity index (χ0n) is 12.2. The van der Waals surface area contributed by atoms with Gasteiger partial charge in [-0.25, -0.2) is 4.79 Å². The summed E-state index contributed by atoms with van der Waals surface area (Å²) in [6.45, 7) is 8.18. The predicted octanol–water partition coefficient (Wildman–Crippen LogP) is 2.68. The lowest BCUT2D eigenvalue weighted by molar-refractivity contribution is -0.127. The first-order chi connectivity index (χ1) is 9.31. The Morgan fingerprint density at radius 3 is 2.60 bits per heavy atom. The third-order valence-corrected chi connectivity index (χ3v) is 3.73. The average Bonchev–Trinajstić information content (AvgIpc) is 2.69. The summed E-state index contributed by atoms with van der Waals surface area (Å²) in [6, 6.07) is 1.64. The number of hydrogen-bond acceptors (Lipinski definition) is 4. The van der Waals surface area contributed by atoms with Crippen LogP contribution in [0.2, 0.25) is 0 Å². The van der Waals surface area contributed by atoms with Crippen molar-refractivity contribution in [2.75, 3.05) is 6.54 Å². The van der Waals surface area contributed by atoms with Crippen LogP contribution >= 0.6 is 11.3 Å². The molecule has 1 amide bonds. The van der Waals surface area contributed by atoms with Crippen LogP contribution in [0.15, 0.2) is 6.07 Å². The van der Waals surface area contributed by atoms with Gasteiger partial charge >= 0.3 is 5.97 Å². The van der Waals surface area contributed by atoms with E-state index in [1.807, 2.05) is 0 Å².